The Bertz CT molecular complexity index is 1270. The highest BCUT2D eigenvalue weighted by atomic mass is 32.1. The average molecular weight is 418 g/mol. The molecule has 0 amide bonds. The van der Waals surface area contributed by atoms with Crippen LogP contribution in [0.25, 0.3) is 22.2 Å². The average Bonchev–Trinajstić information content (AvgIpc) is 3.25. The maximum Gasteiger partial charge on any atom is 0.347 e. The molecule has 0 spiro atoms. The molecule has 150 valence electrons. The summed E-state index contributed by atoms with van der Waals surface area (Å²) in [7, 11) is 0. The standard InChI is InChI=1S/C23H18N2O4S/c26-20(17-14-16-8-4-5-9-18(16)29-22(17)27)21-19(15-6-2-1-3-7-15)24-23(30-21)25-10-12-28-13-11-25/h1-9,14H,10-13H2. The van der Waals surface area contributed by atoms with Gasteiger partial charge in [-0.25, -0.2) is 9.78 Å². The van der Waals surface area contributed by atoms with Crippen molar-refractivity contribution >= 4 is 33.2 Å². The molecule has 2 aromatic heterocycles. The van der Waals surface area contributed by atoms with Crippen LogP contribution >= 0.6 is 11.3 Å². The summed E-state index contributed by atoms with van der Waals surface area (Å²) in [6, 6.07) is 18.3. The zero-order valence-electron chi connectivity index (χ0n) is 16.0. The van der Waals surface area contributed by atoms with Gasteiger partial charge in [0.25, 0.3) is 0 Å². The molecule has 4 aromatic rings. The van der Waals surface area contributed by atoms with Crippen LogP contribution in [0.3, 0.4) is 0 Å². The minimum Gasteiger partial charge on any atom is -0.422 e. The van der Waals surface area contributed by atoms with E-state index in [2.05, 4.69) is 4.90 Å². The molecule has 30 heavy (non-hydrogen) atoms. The third kappa shape index (κ3) is 3.42. The van der Waals surface area contributed by atoms with Crippen molar-refractivity contribution in [3.05, 3.63) is 81.5 Å². The van der Waals surface area contributed by atoms with Crippen molar-refractivity contribution in [1.29, 1.82) is 0 Å². The number of hydrogen-bond donors (Lipinski definition) is 0. The second kappa shape index (κ2) is 7.85. The molecule has 0 saturated carbocycles. The van der Waals surface area contributed by atoms with E-state index in [0.29, 0.717) is 47.8 Å². The van der Waals surface area contributed by atoms with Crippen LogP contribution in [0.2, 0.25) is 0 Å². The SMILES string of the molecule is O=C(c1sc(N2CCOCC2)nc1-c1ccccc1)c1cc2ccccc2oc1=O. The number of thiazole rings is 1. The van der Waals surface area contributed by atoms with E-state index >= 15 is 0 Å². The number of anilines is 1. The van der Waals surface area contributed by atoms with Crippen molar-refractivity contribution in [1.82, 2.24) is 4.98 Å². The van der Waals surface area contributed by atoms with Gasteiger partial charge in [-0.3, -0.25) is 4.79 Å². The molecule has 0 radical (unpaired) electrons. The number of rotatable bonds is 4. The highest BCUT2D eigenvalue weighted by molar-refractivity contribution is 7.18. The summed E-state index contributed by atoms with van der Waals surface area (Å²) in [6.45, 7) is 2.68. The normalized spacial score (nSPS) is 14.2. The third-order valence-electron chi connectivity index (χ3n) is 5.04. The number of morpholine rings is 1. The molecule has 1 saturated heterocycles. The van der Waals surface area contributed by atoms with Crippen molar-refractivity contribution in [2.45, 2.75) is 0 Å². The van der Waals surface area contributed by atoms with Crippen LogP contribution in [0.4, 0.5) is 5.13 Å². The Morgan fingerprint density at radius 2 is 1.73 bits per heavy atom. The zero-order valence-corrected chi connectivity index (χ0v) is 16.9. The van der Waals surface area contributed by atoms with Crippen LogP contribution in [0.15, 0.2) is 69.9 Å². The second-order valence-electron chi connectivity index (χ2n) is 6.95. The van der Waals surface area contributed by atoms with Gasteiger partial charge >= 0.3 is 5.63 Å². The lowest BCUT2D eigenvalue weighted by Crippen LogP contribution is -2.36. The highest BCUT2D eigenvalue weighted by Crippen LogP contribution is 2.35. The Labute approximate surface area is 176 Å². The van der Waals surface area contributed by atoms with Gasteiger partial charge < -0.3 is 14.1 Å². The molecule has 2 aromatic carbocycles. The van der Waals surface area contributed by atoms with Crippen LogP contribution in [-0.2, 0) is 4.74 Å². The molecule has 1 fully saturated rings. The van der Waals surface area contributed by atoms with Crippen molar-refractivity contribution < 1.29 is 13.9 Å². The number of ketones is 1. The van der Waals surface area contributed by atoms with Gasteiger partial charge in [0.1, 0.15) is 16.0 Å². The molecule has 5 rings (SSSR count). The first-order chi connectivity index (χ1) is 14.7. The highest BCUT2D eigenvalue weighted by Gasteiger charge is 2.26. The largest absolute Gasteiger partial charge is 0.422 e. The Morgan fingerprint density at radius 3 is 2.53 bits per heavy atom. The Morgan fingerprint density at radius 1 is 1.00 bits per heavy atom. The molecule has 6 nitrogen and oxygen atoms in total. The van der Waals surface area contributed by atoms with Crippen LogP contribution in [0.5, 0.6) is 0 Å². The van der Waals surface area contributed by atoms with Gasteiger partial charge in [-0.05, 0) is 12.1 Å². The number of fused-ring (bicyclic) bond motifs is 1. The molecule has 0 N–H and O–H groups in total. The van der Waals surface area contributed by atoms with Gasteiger partial charge in [-0.15, -0.1) is 0 Å². The molecule has 7 heteroatoms. The van der Waals surface area contributed by atoms with Gasteiger partial charge in [-0.2, -0.15) is 0 Å². The fourth-order valence-corrected chi connectivity index (χ4v) is 4.58. The monoisotopic (exact) mass is 418 g/mol. The lowest BCUT2D eigenvalue weighted by Gasteiger charge is -2.26. The first-order valence-electron chi connectivity index (χ1n) is 9.67. The van der Waals surface area contributed by atoms with Gasteiger partial charge in [0, 0.05) is 24.0 Å². The molecule has 0 unspecified atom stereocenters. The summed E-state index contributed by atoms with van der Waals surface area (Å²) in [6.07, 6.45) is 0. The number of aromatic nitrogens is 1. The van der Waals surface area contributed by atoms with Crippen molar-refractivity contribution in [2.75, 3.05) is 31.2 Å². The van der Waals surface area contributed by atoms with E-state index in [9.17, 15) is 9.59 Å². The summed E-state index contributed by atoms with van der Waals surface area (Å²) in [5.74, 6) is -0.370. The predicted octanol–water partition coefficient (Wildman–Crippen LogP) is 3.98. The van der Waals surface area contributed by atoms with E-state index in [-0.39, 0.29) is 11.3 Å². The van der Waals surface area contributed by atoms with Crippen molar-refractivity contribution in [3.63, 3.8) is 0 Å². The smallest absolute Gasteiger partial charge is 0.347 e. The number of para-hydroxylation sites is 1. The van der Waals surface area contributed by atoms with Gasteiger partial charge in [0.2, 0.25) is 5.78 Å². The number of hydrogen-bond acceptors (Lipinski definition) is 7. The number of carbonyl (C=O) groups excluding carboxylic acids is 1. The quantitative estimate of drug-likeness (QED) is 0.369. The fourth-order valence-electron chi connectivity index (χ4n) is 3.49. The number of ether oxygens (including phenoxy) is 1. The predicted molar refractivity (Wildman–Crippen MR) is 116 cm³/mol. The summed E-state index contributed by atoms with van der Waals surface area (Å²) < 4.78 is 10.8. The minimum absolute atomic E-state index is 0.0167. The lowest BCUT2D eigenvalue weighted by molar-refractivity contribution is 0.103. The number of benzene rings is 2. The molecule has 0 bridgehead atoms. The zero-order chi connectivity index (χ0) is 20.5. The van der Waals surface area contributed by atoms with Crippen molar-refractivity contribution in [2.24, 2.45) is 0 Å². The summed E-state index contributed by atoms with van der Waals surface area (Å²) >= 11 is 1.31. The summed E-state index contributed by atoms with van der Waals surface area (Å²) in [5.41, 5.74) is 1.25. The molecule has 1 aliphatic heterocycles. The maximum atomic E-state index is 13.5. The van der Waals surface area contributed by atoms with Crippen LogP contribution in [0.1, 0.15) is 15.2 Å². The Hall–Kier alpha value is -3.29. The van der Waals surface area contributed by atoms with Gasteiger partial charge in [0.15, 0.2) is 5.13 Å². The van der Waals surface area contributed by atoms with Crippen molar-refractivity contribution in [3.8, 4) is 11.3 Å². The molecular weight excluding hydrogens is 400 g/mol. The van der Waals surface area contributed by atoms with Crippen LogP contribution in [0, 0.1) is 0 Å². The van der Waals surface area contributed by atoms with Crippen LogP contribution in [-0.4, -0.2) is 37.1 Å². The number of nitrogens with zero attached hydrogens (tertiary/aromatic N) is 2. The Kier molecular flexibility index (Phi) is 4.90. The third-order valence-corrected chi connectivity index (χ3v) is 6.15. The van der Waals surface area contributed by atoms with Gasteiger partial charge in [0.05, 0.1) is 18.9 Å². The minimum atomic E-state index is -0.640. The van der Waals surface area contributed by atoms with E-state index < -0.39 is 5.63 Å². The molecule has 0 aliphatic carbocycles. The molecular formula is C23H18N2O4S. The fraction of sp³-hybridized carbons (Fsp3) is 0.174. The summed E-state index contributed by atoms with van der Waals surface area (Å²) in [4.78, 5) is 33.4. The van der Waals surface area contributed by atoms with Crippen LogP contribution < -0.4 is 10.5 Å². The molecule has 1 aliphatic rings. The topological polar surface area (TPSA) is 72.6 Å². The van der Waals surface area contributed by atoms with E-state index in [1.807, 2.05) is 42.5 Å². The lowest BCUT2D eigenvalue weighted by atomic mass is 10.1. The van der Waals surface area contributed by atoms with E-state index in [1.165, 1.54) is 11.3 Å². The molecule has 0 atom stereocenters. The van der Waals surface area contributed by atoms with E-state index in [0.717, 1.165) is 10.7 Å². The number of carbonyl (C=O) groups is 1. The first-order valence-corrected chi connectivity index (χ1v) is 10.5. The second-order valence-corrected chi connectivity index (χ2v) is 7.93. The Balaban J connectivity index is 1.63. The summed E-state index contributed by atoms with van der Waals surface area (Å²) in [5, 5.41) is 1.46. The van der Waals surface area contributed by atoms with Gasteiger partial charge in [-0.1, -0.05) is 59.9 Å². The maximum absolute atomic E-state index is 13.5. The van der Waals surface area contributed by atoms with E-state index in [4.69, 9.17) is 14.1 Å². The van der Waals surface area contributed by atoms with E-state index in [1.54, 1.807) is 18.2 Å². The first kappa shape index (κ1) is 18.7. The molecule has 3 heterocycles.